The van der Waals surface area contributed by atoms with E-state index in [4.69, 9.17) is 0 Å². The van der Waals surface area contributed by atoms with Crippen LogP contribution in [0.1, 0.15) is 32.1 Å². The summed E-state index contributed by atoms with van der Waals surface area (Å²) in [7, 11) is 0. The summed E-state index contributed by atoms with van der Waals surface area (Å²) >= 11 is 0. The zero-order chi connectivity index (χ0) is 17.6. The maximum Gasteiger partial charge on any atom is 0.292 e. The third kappa shape index (κ3) is 4.48. The SMILES string of the molecule is O=C(CCNc1ccccc1[N+](=O)[O-])N1CCCC(N2CCCC2)C1. The second-order valence-corrected chi connectivity index (χ2v) is 6.83. The second-order valence-electron chi connectivity index (χ2n) is 6.83. The number of amides is 1. The predicted octanol–water partition coefficient (Wildman–Crippen LogP) is 2.48. The first kappa shape index (κ1) is 17.7. The van der Waals surface area contributed by atoms with Gasteiger partial charge in [0.1, 0.15) is 5.69 Å². The van der Waals surface area contributed by atoms with E-state index in [-0.39, 0.29) is 11.6 Å². The van der Waals surface area contributed by atoms with Gasteiger partial charge >= 0.3 is 0 Å². The largest absolute Gasteiger partial charge is 0.379 e. The number of rotatable bonds is 6. The molecule has 2 heterocycles. The van der Waals surface area contributed by atoms with Gasteiger partial charge in [-0.15, -0.1) is 0 Å². The lowest BCUT2D eigenvalue weighted by Gasteiger charge is -2.37. The number of para-hydroxylation sites is 2. The second kappa shape index (κ2) is 8.29. The minimum atomic E-state index is -0.407. The number of likely N-dealkylation sites (tertiary alicyclic amines) is 2. The number of carbonyl (C=O) groups is 1. The summed E-state index contributed by atoms with van der Waals surface area (Å²) in [6.45, 7) is 4.38. The topological polar surface area (TPSA) is 78.7 Å². The molecular weight excluding hydrogens is 320 g/mol. The summed E-state index contributed by atoms with van der Waals surface area (Å²) in [5, 5.41) is 14.0. The highest BCUT2D eigenvalue weighted by atomic mass is 16.6. The molecule has 1 unspecified atom stereocenters. The first-order valence-electron chi connectivity index (χ1n) is 9.14. The normalized spacial score (nSPS) is 21.3. The van der Waals surface area contributed by atoms with Crippen LogP contribution in [0.4, 0.5) is 11.4 Å². The van der Waals surface area contributed by atoms with E-state index >= 15 is 0 Å². The highest BCUT2D eigenvalue weighted by molar-refractivity contribution is 5.77. The van der Waals surface area contributed by atoms with Crippen molar-refractivity contribution in [2.45, 2.75) is 38.1 Å². The zero-order valence-electron chi connectivity index (χ0n) is 14.5. The molecule has 7 nitrogen and oxygen atoms in total. The number of nitrogens with zero attached hydrogens (tertiary/aromatic N) is 3. The molecule has 3 rings (SSSR count). The van der Waals surface area contributed by atoms with Gasteiger partial charge in [-0.3, -0.25) is 19.8 Å². The Balaban J connectivity index is 1.48. The number of hydrogen-bond acceptors (Lipinski definition) is 5. The van der Waals surface area contributed by atoms with Crippen LogP contribution in [0.2, 0.25) is 0 Å². The smallest absolute Gasteiger partial charge is 0.292 e. The van der Waals surface area contributed by atoms with Crippen molar-refractivity contribution >= 4 is 17.3 Å². The molecular formula is C18H26N4O3. The molecule has 0 saturated carbocycles. The molecule has 2 fully saturated rings. The molecule has 1 aromatic carbocycles. The summed E-state index contributed by atoms with van der Waals surface area (Å²) in [6, 6.07) is 7.04. The van der Waals surface area contributed by atoms with E-state index in [2.05, 4.69) is 10.2 Å². The molecule has 7 heteroatoms. The number of nitrogens with one attached hydrogen (secondary N) is 1. The van der Waals surface area contributed by atoms with Crippen LogP contribution >= 0.6 is 0 Å². The van der Waals surface area contributed by atoms with Gasteiger partial charge in [-0.25, -0.2) is 0 Å². The maximum absolute atomic E-state index is 12.5. The van der Waals surface area contributed by atoms with E-state index in [0.717, 1.165) is 32.6 Å². The number of nitro groups is 1. The third-order valence-corrected chi connectivity index (χ3v) is 5.16. The fraction of sp³-hybridized carbons (Fsp3) is 0.611. The Morgan fingerprint density at radius 3 is 2.72 bits per heavy atom. The first-order valence-corrected chi connectivity index (χ1v) is 9.14. The number of piperidine rings is 1. The van der Waals surface area contributed by atoms with E-state index in [1.165, 1.54) is 25.3 Å². The lowest BCUT2D eigenvalue weighted by molar-refractivity contribution is -0.384. The van der Waals surface area contributed by atoms with Crippen LogP contribution in [-0.4, -0.2) is 59.4 Å². The lowest BCUT2D eigenvalue weighted by atomic mass is 10.0. The molecule has 2 aliphatic rings. The summed E-state index contributed by atoms with van der Waals surface area (Å²) in [4.78, 5) is 27.6. The van der Waals surface area contributed by atoms with E-state index < -0.39 is 4.92 Å². The van der Waals surface area contributed by atoms with Crippen LogP contribution in [0.5, 0.6) is 0 Å². The highest BCUT2D eigenvalue weighted by Crippen LogP contribution is 2.23. The number of carbonyl (C=O) groups excluding carboxylic acids is 1. The van der Waals surface area contributed by atoms with Crippen LogP contribution in [-0.2, 0) is 4.79 Å². The van der Waals surface area contributed by atoms with E-state index in [1.807, 2.05) is 4.90 Å². The predicted molar refractivity (Wildman–Crippen MR) is 96.6 cm³/mol. The number of anilines is 1. The van der Waals surface area contributed by atoms with Crippen LogP contribution in [0.15, 0.2) is 24.3 Å². The fourth-order valence-electron chi connectivity index (χ4n) is 3.83. The summed E-state index contributed by atoms with van der Waals surface area (Å²) in [6.07, 6.45) is 5.13. The van der Waals surface area contributed by atoms with Crippen molar-refractivity contribution in [2.24, 2.45) is 0 Å². The highest BCUT2D eigenvalue weighted by Gasteiger charge is 2.29. The Morgan fingerprint density at radius 2 is 1.96 bits per heavy atom. The average molecular weight is 346 g/mol. The number of nitro benzene ring substituents is 1. The minimum absolute atomic E-state index is 0.0435. The van der Waals surface area contributed by atoms with Crippen LogP contribution in [0.25, 0.3) is 0 Å². The summed E-state index contributed by atoms with van der Waals surface area (Å²) < 4.78 is 0. The average Bonchev–Trinajstić information content (AvgIpc) is 3.17. The van der Waals surface area contributed by atoms with Crippen molar-refractivity contribution in [1.29, 1.82) is 0 Å². The van der Waals surface area contributed by atoms with Crippen LogP contribution < -0.4 is 5.32 Å². The number of hydrogen-bond donors (Lipinski definition) is 1. The minimum Gasteiger partial charge on any atom is -0.379 e. The van der Waals surface area contributed by atoms with E-state index in [0.29, 0.717) is 24.7 Å². The number of benzene rings is 1. The third-order valence-electron chi connectivity index (χ3n) is 5.16. The van der Waals surface area contributed by atoms with Crippen molar-refractivity contribution in [3.05, 3.63) is 34.4 Å². The van der Waals surface area contributed by atoms with Gasteiger partial charge in [0.15, 0.2) is 0 Å². The zero-order valence-corrected chi connectivity index (χ0v) is 14.5. The van der Waals surface area contributed by atoms with Gasteiger partial charge in [-0.2, -0.15) is 0 Å². The van der Waals surface area contributed by atoms with E-state index in [9.17, 15) is 14.9 Å². The molecule has 1 amide bonds. The quantitative estimate of drug-likeness (QED) is 0.632. The Kier molecular flexibility index (Phi) is 5.86. The monoisotopic (exact) mass is 346 g/mol. The Labute approximate surface area is 148 Å². The maximum atomic E-state index is 12.5. The van der Waals surface area contributed by atoms with Gasteiger partial charge in [0.2, 0.25) is 5.91 Å². The molecule has 0 radical (unpaired) electrons. The van der Waals surface area contributed by atoms with Crippen LogP contribution in [0, 0.1) is 10.1 Å². The molecule has 136 valence electrons. The van der Waals surface area contributed by atoms with Crippen molar-refractivity contribution in [2.75, 3.05) is 38.0 Å². The van der Waals surface area contributed by atoms with Crippen molar-refractivity contribution in [1.82, 2.24) is 9.80 Å². The molecule has 0 aromatic heterocycles. The first-order chi connectivity index (χ1) is 12.1. The van der Waals surface area contributed by atoms with Gasteiger partial charge < -0.3 is 10.2 Å². The van der Waals surface area contributed by atoms with Crippen molar-refractivity contribution in [3.8, 4) is 0 Å². The van der Waals surface area contributed by atoms with Crippen molar-refractivity contribution < 1.29 is 9.72 Å². The van der Waals surface area contributed by atoms with Gasteiger partial charge in [0, 0.05) is 38.2 Å². The summed E-state index contributed by atoms with van der Waals surface area (Å²) in [5.41, 5.74) is 0.510. The lowest BCUT2D eigenvalue weighted by Crippen LogP contribution is -2.49. The molecule has 1 aromatic rings. The Hall–Kier alpha value is -2.15. The van der Waals surface area contributed by atoms with Gasteiger partial charge in [-0.1, -0.05) is 12.1 Å². The Morgan fingerprint density at radius 1 is 1.20 bits per heavy atom. The molecule has 1 N–H and O–H groups in total. The summed E-state index contributed by atoms with van der Waals surface area (Å²) in [5.74, 6) is 0.134. The van der Waals surface area contributed by atoms with E-state index in [1.54, 1.807) is 18.2 Å². The van der Waals surface area contributed by atoms with Gasteiger partial charge in [0.05, 0.1) is 4.92 Å². The van der Waals surface area contributed by atoms with Crippen molar-refractivity contribution in [3.63, 3.8) is 0 Å². The fourth-order valence-corrected chi connectivity index (χ4v) is 3.83. The molecule has 1 atom stereocenters. The molecule has 2 saturated heterocycles. The molecule has 0 aliphatic carbocycles. The molecule has 0 bridgehead atoms. The van der Waals surface area contributed by atoms with Gasteiger partial charge in [0.25, 0.3) is 5.69 Å². The standard InChI is InChI=1S/C18H26N4O3/c23-18(9-10-19-16-7-1-2-8-17(16)22(24)25)21-13-5-6-15(14-21)20-11-3-4-12-20/h1-2,7-8,15,19H,3-6,9-14H2. The molecule has 25 heavy (non-hydrogen) atoms. The molecule has 0 spiro atoms. The van der Waals surface area contributed by atoms with Crippen LogP contribution in [0.3, 0.4) is 0 Å². The molecule has 2 aliphatic heterocycles. The Bertz CT molecular complexity index is 616. The van der Waals surface area contributed by atoms with Gasteiger partial charge in [-0.05, 0) is 44.8 Å².